The van der Waals surface area contributed by atoms with E-state index in [0.717, 1.165) is 11.3 Å². The third kappa shape index (κ3) is 3.93. The Kier molecular flexibility index (Phi) is 5.37. The number of halogens is 2. The maximum absolute atomic E-state index is 11.7. The van der Waals surface area contributed by atoms with E-state index >= 15 is 0 Å². The summed E-state index contributed by atoms with van der Waals surface area (Å²) < 4.78 is 0.644. The number of benzene rings is 1. The van der Waals surface area contributed by atoms with Crippen LogP contribution >= 0.6 is 23.2 Å². The van der Waals surface area contributed by atoms with Crippen LogP contribution in [0.4, 0.5) is 4.69 Å². The van der Waals surface area contributed by atoms with Crippen molar-refractivity contribution in [1.29, 1.82) is 0 Å². The summed E-state index contributed by atoms with van der Waals surface area (Å²) in [6.07, 6.45) is 1.61. The first kappa shape index (κ1) is 15.3. The first-order chi connectivity index (χ1) is 9.60. The van der Waals surface area contributed by atoms with Gasteiger partial charge in [-0.2, -0.15) is 0 Å². The van der Waals surface area contributed by atoms with E-state index in [2.05, 4.69) is 10.1 Å². The topological polar surface area (TPSA) is 45.6 Å². The Morgan fingerprint density at radius 3 is 2.70 bits per heavy atom. The summed E-state index contributed by atoms with van der Waals surface area (Å²) >= 11 is 11.5. The fraction of sp³-hybridized carbons (Fsp3) is 0.154. The summed E-state index contributed by atoms with van der Waals surface area (Å²) in [5, 5.41) is 6.17. The van der Waals surface area contributed by atoms with Gasteiger partial charge in [0.05, 0.1) is 0 Å². The summed E-state index contributed by atoms with van der Waals surface area (Å²) in [6.45, 7) is 1.45. The molecule has 1 heterocycles. The van der Waals surface area contributed by atoms with Crippen molar-refractivity contribution >= 4 is 54.5 Å². The monoisotopic (exact) mass is 375 g/mol. The van der Waals surface area contributed by atoms with Gasteiger partial charge in [0.1, 0.15) is 0 Å². The van der Waals surface area contributed by atoms with Crippen molar-refractivity contribution in [2.75, 3.05) is 5.01 Å². The Balaban J connectivity index is 2.21. The van der Waals surface area contributed by atoms with E-state index in [1.54, 1.807) is 18.3 Å². The van der Waals surface area contributed by atoms with E-state index in [1.165, 1.54) is 11.9 Å². The zero-order valence-corrected chi connectivity index (χ0v) is 13.8. The SMILES string of the molecule is CC(=O)N(/N=C/c1ccc(Cl)cc1)c1nc(CCl)c[se]1. The summed E-state index contributed by atoms with van der Waals surface area (Å²) in [5.74, 6) is 0.165. The minimum absolute atomic E-state index is 0.0206. The molecule has 0 radical (unpaired) electrons. The first-order valence-corrected chi connectivity index (χ1v) is 8.46. The number of aromatic nitrogens is 1. The molecule has 1 aromatic carbocycles. The van der Waals surface area contributed by atoms with E-state index in [0.29, 0.717) is 15.6 Å². The third-order valence-corrected chi connectivity index (χ3v) is 4.69. The molecule has 7 heteroatoms. The number of anilines is 1. The quantitative estimate of drug-likeness (QED) is 0.357. The predicted molar refractivity (Wildman–Crippen MR) is 82.9 cm³/mol. The standard InChI is InChI=1S/C13H11Cl2N3OSe/c1-9(19)18(13-17-12(6-14)8-20-13)16-7-10-2-4-11(15)5-3-10/h2-5,7-8H,6H2,1H3/b16-7+. The average molecular weight is 375 g/mol. The van der Waals surface area contributed by atoms with E-state index < -0.39 is 0 Å². The van der Waals surface area contributed by atoms with Crippen LogP contribution in [0.25, 0.3) is 0 Å². The van der Waals surface area contributed by atoms with Gasteiger partial charge in [-0.3, -0.25) is 0 Å². The molecule has 0 saturated heterocycles. The molecular formula is C13H11Cl2N3OSe. The zero-order valence-electron chi connectivity index (χ0n) is 10.6. The number of hydrogen-bond acceptors (Lipinski definition) is 3. The van der Waals surface area contributed by atoms with Gasteiger partial charge in [0.2, 0.25) is 0 Å². The van der Waals surface area contributed by atoms with Gasteiger partial charge in [0.15, 0.2) is 0 Å². The fourth-order valence-corrected chi connectivity index (χ4v) is 3.59. The molecule has 0 unspecified atom stereocenters. The molecule has 2 rings (SSSR count). The fourth-order valence-electron chi connectivity index (χ4n) is 1.39. The predicted octanol–water partition coefficient (Wildman–Crippen LogP) is 2.92. The van der Waals surface area contributed by atoms with E-state index in [-0.39, 0.29) is 20.4 Å². The number of amides is 1. The molecule has 1 amide bonds. The first-order valence-electron chi connectivity index (χ1n) is 5.71. The second kappa shape index (κ2) is 7.04. The molecule has 0 saturated carbocycles. The van der Waals surface area contributed by atoms with Gasteiger partial charge in [-0.15, -0.1) is 0 Å². The Bertz CT molecular complexity index is 625. The van der Waals surface area contributed by atoms with E-state index in [9.17, 15) is 4.79 Å². The Labute approximate surface area is 132 Å². The molecule has 104 valence electrons. The molecule has 0 aliphatic heterocycles. The van der Waals surface area contributed by atoms with E-state index in [1.807, 2.05) is 17.1 Å². The number of rotatable bonds is 4. The molecule has 0 fully saturated rings. The van der Waals surface area contributed by atoms with Crippen molar-refractivity contribution in [2.45, 2.75) is 12.8 Å². The van der Waals surface area contributed by atoms with Crippen LogP contribution < -0.4 is 5.01 Å². The second-order valence-electron chi connectivity index (χ2n) is 3.88. The van der Waals surface area contributed by atoms with Crippen LogP contribution in [0.1, 0.15) is 18.2 Å². The molecule has 0 aliphatic rings. The Morgan fingerprint density at radius 1 is 1.45 bits per heavy atom. The van der Waals surface area contributed by atoms with E-state index in [4.69, 9.17) is 23.2 Å². The summed E-state index contributed by atoms with van der Waals surface area (Å²) in [6, 6.07) is 7.19. The summed E-state index contributed by atoms with van der Waals surface area (Å²) in [7, 11) is 0. The summed E-state index contributed by atoms with van der Waals surface area (Å²) in [5.41, 5.74) is 1.65. The van der Waals surface area contributed by atoms with Gasteiger partial charge < -0.3 is 0 Å². The van der Waals surface area contributed by atoms with Crippen molar-refractivity contribution < 1.29 is 4.79 Å². The van der Waals surface area contributed by atoms with Crippen LogP contribution in [0, 0.1) is 0 Å². The van der Waals surface area contributed by atoms with Crippen LogP contribution in [0.2, 0.25) is 5.02 Å². The van der Waals surface area contributed by atoms with Gasteiger partial charge in [0, 0.05) is 0 Å². The number of alkyl halides is 1. The van der Waals surface area contributed by atoms with Crippen LogP contribution in [0.3, 0.4) is 0 Å². The number of nitrogens with zero attached hydrogens (tertiary/aromatic N) is 3. The molecule has 0 atom stereocenters. The van der Waals surface area contributed by atoms with Crippen molar-refractivity contribution in [3.8, 4) is 0 Å². The molecule has 0 bridgehead atoms. The molecular weight excluding hydrogens is 364 g/mol. The van der Waals surface area contributed by atoms with Gasteiger partial charge in [-0.1, -0.05) is 0 Å². The number of hydrazone groups is 1. The molecule has 1 aromatic heterocycles. The summed E-state index contributed by atoms with van der Waals surface area (Å²) in [4.78, 5) is 17.9. The van der Waals surface area contributed by atoms with Crippen LogP contribution in [-0.4, -0.2) is 31.6 Å². The zero-order chi connectivity index (χ0) is 14.5. The third-order valence-electron chi connectivity index (χ3n) is 2.35. The van der Waals surface area contributed by atoms with Crippen molar-refractivity contribution in [3.05, 3.63) is 45.5 Å². The average Bonchev–Trinajstić information content (AvgIpc) is 2.89. The van der Waals surface area contributed by atoms with Crippen molar-refractivity contribution in [1.82, 2.24) is 4.98 Å². The maximum atomic E-state index is 11.7. The van der Waals surface area contributed by atoms with Gasteiger partial charge in [-0.25, -0.2) is 0 Å². The number of carbonyl (C=O) groups is 1. The van der Waals surface area contributed by atoms with Crippen molar-refractivity contribution in [2.24, 2.45) is 5.10 Å². The molecule has 20 heavy (non-hydrogen) atoms. The molecule has 0 N–H and O–H groups in total. The van der Waals surface area contributed by atoms with Crippen LogP contribution in [0.15, 0.2) is 34.3 Å². The molecule has 4 nitrogen and oxygen atoms in total. The Morgan fingerprint density at radius 2 is 2.15 bits per heavy atom. The normalized spacial score (nSPS) is 10.9. The second-order valence-corrected chi connectivity index (χ2v) is 6.34. The number of hydrogen-bond donors (Lipinski definition) is 0. The molecule has 0 spiro atoms. The van der Waals surface area contributed by atoms with Gasteiger partial charge in [0.25, 0.3) is 0 Å². The minimum atomic E-state index is -0.180. The molecule has 2 aromatic rings. The van der Waals surface area contributed by atoms with Crippen molar-refractivity contribution in [3.63, 3.8) is 0 Å². The van der Waals surface area contributed by atoms with Gasteiger partial charge >= 0.3 is 133 Å². The number of carbonyl (C=O) groups excluding carboxylic acids is 1. The Hall–Kier alpha value is -1.13. The molecule has 0 aliphatic carbocycles. The van der Waals surface area contributed by atoms with Gasteiger partial charge in [-0.05, 0) is 0 Å². The van der Waals surface area contributed by atoms with Crippen LogP contribution in [-0.2, 0) is 10.7 Å². The van der Waals surface area contributed by atoms with Crippen LogP contribution in [0.5, 0.6) is 0 Å².